The quantitative estimate of drug-likeness (QED) is 0.765. The maximum absolute atomic E-state index is 11.0. The molecule has 21 heavy (non-hydrogen) atoms. The van der Waals surface area contributed by atoms with Gasteiger partial charge in [-0.25, -0.2) is 0 Å². The Labute approximate surface area is 130 Å². The summed E-state index contributed by atoms with van der Waals surface area (Å²) in [5, 5.41) is 2.95. The van der Waals surface area contributed by atoms with Gasteiger partial charge >= 0.3 is 0 Å². The summed E-state index contributed by atoms with van der Waals surface area (Å²) in [7, 11) is 0. The number of carbonyl (C=O) groups is 1. The summed E-state index contributed by atoms with van der Waals surface area (Å²) in [6, 6.07) is 7.78. The van der Waals surface area contributed by atoms with Crippen LogP contribution in [0.2, 0.25) is 0 Å². The van der Waals surface area contributed by atoms with Gasteiger partial charge in [0.05, 0.1) is 5.56 Å². The molecule has 2 rings (SSSR count). The summed E-state index contributed by atoms with van der Waals surface area (Å²) in [5.41, 5.74) is 6.44. The highest BCUT2D eigenvalue weighted by Crippen LogP contribution is 2.18. The Bertz CT molecular complexity index is 521. The van der Waals surface area contributed by atoms with Crippen molar-refractivity contribution in [2.75, 3.05) is 26.2 Å². The highest BCUT2D eigenvalue weighted by molar-refractivity contribution is 7.80. The number of nitrogens with zero attached hydrogens (tertiary/aromatic N) is 1. The first kappa shape index (κ1) is 15.7. The molecule has 0 aliphatic carbocycles. The van der Waals surface area contributed by atoms with E-state index < -0.39 is 0 Å². The van der Waals surface area contributed by atoms with E-state index in [0.717, 1.165) is 37.4 Å². The van der Waals surface area contributed by atoms with Crippen LogP contribution < -0.4 is 15.8 Å². The molecular weight excluding hydrogens is 286 g/mol. The van der Waals surface area contributed by atoms with Gasteiger partial charge in [-0.1, -0.05) is 24.4 Å². The Hall–Kier alpha value is -1.66. The van der Waals surface area contributed by atoms with Gasteiger partial charge in [0.15, 0.2) is 0 Å². The highest BCUT2D eigenvalue weighted by Gasteiger charge is 2.22. The lowest BCUT2D eigenvalue weighted by atomic mass is 10.2. The second-order valence-corrected chi connectivity index (χ2v) is 5.64. The molecule has 0 aromatic heterocycles. The fourth-order valence-electron chi connectivity index (χ4n) is 2.52. The van der Waals surface area contributed by atoms with E-state index in [9.17, 15) is 4.79 Å². The van der Waals surface area contributed by atoms with Crippen LogP contribution in [0.1, 0.15) is 18.9 Å². The van der Waals surface area contributed by atoms with E-state index in [-0.39, 0.29) is 11.9 Å². The average Bonchev–Trinajstić information content (AvgIpc) is 2.86. The molecule has 1 atom stereocenters. The number of rotatable bonds is 6. The molecule has 114 valence electrons. The number of thiocarbonyl (C=S) groups is 1. The lowest BCUT2D eigenvalue weighted by Gasteiger charge is -2.17. The van der Waals surface area contributed by atoms with Crippen molar-refractivity contribution in [1.29, 1.82) is 0 Å². The third-order valence-corrected chi connectivity index (χ3v) is 3.72. The summed E-state index contributed by atoms with van der Waals surface area (Å²) in [6.07, 6.45) is 0.989. The van der Waals surface area contributed by atoms with Gasteiger partial charge in [-0.3, -0.25) is 9.69 Å². The van der Waals surface area contributed by atoms with Crippen LogP contribution in [0.4, 0.5) is 0 Å². The van der Waals surface area contributed by atoms with E-state index in [0.29, 0.717) is 11.6 Å². The van der Waals surface area contributed by atoms with Crippen molar-refractivity contribution in [2.45, 2.75) is 19.4 Å². The summed E-state index contributed by atoms with van der Waals surface area (Å²) in [5.74, 6) is 0.756. The predicted molar refractivity (Wildman–Crippen MR) is 86.5 cm³/mol. The van der Waals surface area contributed by atoms with E-state index in [1.54, 1.807) is 6.92 Å². The minimum atomic E-state index is 0.0310. The first-order valence-corrected chi connectivity index (χ1v) is 7.48. The molecule has 1 amide bonds. The topological polar surface area (TPSA) is 67.6 Å². The fourth-order valence-corrected chi connectivity index (χ4v) is 2.69. The lowest BCUT2D eigenvalue weighted by Crippen LogP contribution is -2.36. The van der Waals surface area contributed by atoms with Crippen molar-refractivity contribution >= 4 is 23.1 Å². The molecule has 0 spiro atoms. The predicted octanol–water partition coefficient (Wildman–Crippen LogP) is 0.910. The number of hydrogen-bond donors (Lipinski definition) is 2. The molecule has 1 saturated heterocycles. The SMILES string of the molecule is CC(=O)NC1CCN(CCOc2ccccc2C(N)=S)C1. The van der Waals surface area contributed by atoms with Crippen LogP contribution in [0.3, 0.4) is 0 Å². The maximum Gasteiger partial charge on any atom is 0.217 e. The van der Waals surface area contributed by atoms with E-state index in [2.05, 4.69) is 10.2 Å². The van der Waals surface area contributed by atoms with Gasteiger partial charge in [0.25, 0.3) is 0 Å². The first-order valence-electron chi connectivity index (χ1n) is 7.07. The van der Waals surface area contributed by atoms with Gasteiger partial charge in [-0.2, -0.15) is 0 Å². The van der Waals surface area contributed by atoms with Crippen molar-refractivity contribution in [3.05, 3.63) is 29.8 Å². The molecule has 5 nitrogen and oxygen atoms in total. The summed E-state index contributed by atoms with van der Waals surface area (Å²) in [6.45, 7) is 4.80. The van der Waals surface area contributed by atoms with Crippen LogP contribution in [0.15, 0.2) is 24.3 Å². The Morgan fingerprint density at radius 1 is 1.52 bits per heavy atom. The Balaban J connectivity index is 1.78. The molecule has 0 radical (unpaired) electrons. The second kappa shape index (κ2) is 7.38. The van der Waals surface area contributed by atoms with Crippen LogP contribution in [0.25, 0.3) is 0 Å². The molecule has 6 heteroatoms. The molecule has 1 aliphatic rings. The highest BCUT2D eigenvalue weighted by atomic mass is 32.1. The smallest absolute Gasteiger partial charge is 0.217 e. The van der Waals surface area contributed by atoms with E-state index in [1.807, 2.05) is 24.3 Å². The second-order valence-electron chi connectivity index (χ2n) is 5.20. The van der Waals surface area contributed by atoms with E-state index >= 15 is 0 Å². The number of nitrogens with two attached hydrogens (primary N) is 1. The number of carbonyl (C=O) groups excluding carboxylic acids is 1. The molecule has 0 bridgehead atoms. The lowest BCUT2D eigenvalue weighted by molar-refractivity contribution is -0.119. The number of benzene rings is 1. The van der Waals surface area contributed by atoms with Gasteiger partial charge in [-0.15, -0.1) is 0 Å². The van der Waals surface area contributed by atoms with Gasteiger partial charge in [-0.05, 0) is 18.6 Å². The number of likely N-dealkylation sites (tertiary alicyclic amines) is 1. The number of ether oxygens (including phenoxy) is 1. The average molecular weight is 307 g/mol. The van der Waals surface area contributed by atoms with Crippen molar-refractivity contribution in [3.63, 3.8) is 0 Å². The standard InChI is InChI=1S/C15H21N3O2S/c1-11(19)17-12-6-7-18(10-12)8-9-20-14-5-3-2-4-13(14)15(16)21/h2-5,12H,6-10H2,1H3,(H2,16,21)(H,17,19). The van der Waals surface area contributed by atoms with Crippen molar-refractivity contribution in [2.24, 2.45) is 5.73 Å². The minimum absolute atomic E-state index is 0.0310. The van der Waals surface area contributed by atoms with Crippen LogP contribution in [0.5, 0.6) is 5.75 Å². The molecule has 1 heterocycles. The van der Waals surface area contributed by atoms with Crippen molar-refractivity contribution in [1.82, 2.24) is 10.2 Å². The van der Waals surface area contributed by atoms with Crippen molar-refractivity contribution in [3.8, 4) is 5.75 Å². The third kappa shape index (κ3) is 4.68. The van der Waals surface area contributed by atoms with Gasteiger partial charge in [0.2, 0.25) is 5.91 Å². The maximum atomic E-state index is 11.0. The molecule has 3 N–H and O–H groups in total. The van der Waals surface area contributed by atoms with Crippen LogP contribution in [0, 0.1) is 0 Å². The van der Waals surface area contributed by atoms with Gasteiger partial charge in [0, 0.05) is 32.6 Å². The van der Waals surface area contributed by atoms with E-state index in [1.165, 1.54) is 0 Å². The number of para-hydroxylation sites is 1. The zero-order valence-corrected chi connectivity index (χ0v) is 13.0. The molecule has 1 fully saturated rings. The summed E-state index contributed by atoms with van der Waals surface area (Å²) < 4.78 is 5.78. The zero-order valence-electron chi connectivity index (χ0n) is 12.2. The number of nitrogens with one attached hydrogen (secondary N) is 1. The Morgan fingerprint density at radius 2 is 2.29 bits per heavy atom. The minimum Gasteiger partial charge on any atom is -0.492 e. The fraction of sp³-hybridized carbons (Fsp3) is 0.467. The Morgan fingerprint density at radius 3 is 3.00 bits per heavy atom. The summed E-state index contributed by atoms with van der Waals surface area (Å²) in [4.78, 5) is 13.7. The van der Waals surface area contributed by atoms with Crippen LogP contribution >= 0.6 is 12.2 Å². The third-order valence-electron chi connectivity index (χ3n) is 3.50. The largest absolute Gasteiger partial charge is 0.492 e. The van der Waals surface area contributed by atoms with Gasteiger partial charge < -0.3 is 15.8 Å². The zero-order chi connectivity index (χ0) is 15.2. The summed E-state index contributed by atoms with van der Waals surface area (Å²) >= 11 is 5.01. The monoisotopic (exact) mass is 307 g/mol. The number of amides is 1. The molecule has 1 unspecified atom stereocenters. The molecule has 1 aromatic rings. The van der Waals surface area contributed by atoms with Crippen LogP contribution in [-0.4, -0.2) is 48.1 Å². The number of hydrogen-bond acceptors (Lipinski definition) is 4. The van der Waals surface area contributed by atoms with E-state index in [4.69, 9.17) is 22.7 Å². The van der Waals surface area contributed by atoms with Gasteiger partial charge in [0.1, 0.15) is 17.3 Å². The molecule has 1 aromatic carbocycles. The normalized spacial score (nSPS) is 18.4. The molecule has 1 aliphatic heterocycles. The molecular formula is C15H21N3O2S. The first-order chi connectivity index (χ1) is 10.1. The van der Waals surface area contributed by atoms with Crippen molar-refractivity contribution < 1.29 is 9.53 Å². The Kier molecular flexibility index (Phi) is 5.52. The van der Waals surface area contributed by atoms with Crippen LogP contribution in [-0.2, 0) is 4.79 Å². The molecule has 0 saturated carbocycles.